The van der Waals surface area contributed by atoms with E-state index in [9.17, 15) is 4.39 Å². The standard InChI is InChI=1S/C17H27FN2O.2ClH/c1-3-4-5-6-17(20-11-9-19-10-12-20)15-8-7-14(21-2)13-16(15)18;;/h7-8,13,17,19H,3-6,9-12H2,1-2H3;2*1H/t17-;;/m0../s1. The maximum absolute atomic E-state index is 14.4. The number of rotatable bonds is 7. The van der Waals surface area contributed by atoms with Gasteiger partial charge in [-0.05, 0) is 12.5 Å². The third-order valence-electron chi connectivity index (χ3n) is 4.24. The molecule has 0 radical (unpaired) electrons. The molecule has 0 saturated carbocycles. The first-order chi connectivity index (χ1) is 10.3. The zero-order valence-corrected chi connectivity index (χ0v) is 15.6. The number of ether oxygens (including phenoxy) is 1. The summed E-state index contributed by atoms with van der Waals surface area (Å²) in [5.41, 5.74) is 0.814. The molecule has 0 amide bonds. The van der Waals surface area contributed by atoms with Gasteiger partial charge in [-0.15, -0.1) is 24.8 Å². The summed E-state index contributed by atoms with van der Waals surface area (Å²) in [4.78, 5) is 2.41. The summed E-state index contributed by atoms with van der Waals surface area (Å²) < 4.78 is 19.5. The second kappa shape index (κ2) is 11.9. The van der Waals surface area contributed by atoms with Crippen LogP contribution in [0.25, 0.3) is 0 Å². The van der Waals surface area contributed by atoms with Gasteiger partial charge in [0.25, 0.3) is 0 Å². The van der Waals surface area contributed by atoms with Gasteiger partial charge >= 0.3 is 0 Å². The highest BCUT2D eigenvalue weighted by Gasteiger charge is 2.24. The van der Waals surface area contributed by atoms with E-state index in [1.165, 1.54) is 18.9 Å². The van der Waals surface area contributed by atoms with E-state index in [1.54, 1.807) is 7.11 Å². The van der Waals surface area contributed by atoms with Crippen molar-refractivity contribution in [1.82, 2.24) is 10.2 Å². The molecule has 1 heterocycles. The van der Waals surface area contributed by atoms with E-state index in [4.69, 9.17) is 4.74 Å². The Morgan fingerprint density at radius 2 is 1.91 bits per heavy atom. The topological polar surface area (TPSA) is 24.5 Å². The van der Waals surface area contributed by atoms with Gasteiger partial charge < -0.3 is 10.1 Å². The number of hydrogen-bond acceptors (Lipinski definition) is 3. The van der Waals surface area contributed by atoms with Crippen molar-refractivity contribution < 1.29 is 9.13 Å². The Balaban J connectivity index is 0.00000242. The average Bonchev–Trinajstić information content (AvgIpc) is 2.53. The zero-order valence-electron chi connectivity index (χ0n) is 14.0. The van der Waals surface area contributed by atoms with Crippen molar-refractivity contribution in [3.63, 3.8) is 0 Å². The Morgan fingerprint density at radius 1 is 1.22 bits per heavy atom. The molecule has 0 bridgehead atoms. The monoisotopic (exact) mass is 366 g/mol. The van der Waals surface area contributed by atoms with Gasteiger partial charge in [0.2, 0.25) is 0 Å². The lowest BCUT2D eigenvalue weighted by Gasteiger charge is -2.35. The van der Waals surface area contributed by atoms with Crippen LogP contribution in [0.2, 0.25) is 0 Å². The Kier molecular flexibility index (Phi) is 11.6. The van der Waals surface area contributed by atoms with Crippen molar-refractivity contribution in [2.24, 2.45) is 0 Å². The summed E-state index contributed by atoms with van der Waals surface area (Å²) in [5.74, 6) is 0.443. The molecule has 1 N–H and O–H groups in total. The SMILES string of the molecule is CCCCC[C@@H](c1ccc(OC)cc1F)N1CCNCC1.Cl.Cl. The Labute approximate surface area is 151 Å². The summed E-state index contributed by atoms with van der Waals surface area (Å²) >= 11 is 0. The minimum absolute atomic E-state index is 0. The van der Waals surface area contributed by atoms with Gasteiger partial charge in [-0.3, -0.25) is 4.90 Å². The smallest absolute Gasteiger partial charge is 0.131 e. The first-order valence-electron chi connectivity index (χ1n) is 8.04. The van der Waals surface area contributed by atoms with Crippen LogP contribution in [0.5, 0.6) is 5.75 Å². The van der Waals surface area contributed by atoms with E-state index in [-0.39, 0.29) is 36.7 Å². The Morgan fingerprint density at radius 3 is 2.48 bits per heavy atom. The number of piperazine rings is 1. The normalized spacial score (nSPS) is 16.1. The van der Waals surface area contributed by atoms with Crippen LogP contribution in [-0.4, -0.2) is 38.2 Å². The molecule has 1 aliphatic rings. The molecule has 0 aliphatic carbocycles. The van der Waals surface area contributed by atoms with Crippen molar-refractivity contribution in [3.8, 4) is 5.75 Å². The fourth-order valence-electron chi connectivity index (χ4n) is 3.02. The summed E-state index contributed by atoms with van der Waals surface area (Å²) in [5, 5.41) is 3.37. The molecular weight excluding hydrogens is 338 g/mol. The van der Waals surface area contributed by atoms with Crippen molar-refractivity contribution in [3.05, 3.63) is 29.6 Å². The van der Waals surface area contributed by atoms with Crippen molar-refractivity contribution in [2.45, 2.75) is 38.6 Å². The van der Waals surface area contributed by atoms with Crippen molar-refractivity contribution in [2.75, 3.05) is 33.3 Å². The highest BCUT2D eigenvalue weighted by Crippen LogP contribution is 2.30. The number of methoxy groups -OCH3 is 1. The number of nitrogens with one attached hydrogen (secondary N) is 1. The molecule has 0 spiro atoms. The molecule has 1 aromatic rings. The van der Waals surface area contributed by atoms with Gasteiger partial charge in [0.15, 0.2) is 0 Å². The molecule has 23 heavy (non-hydrogen) atoms. The highest BCUT2D eigenvalue weighted by molar-refractivity contribution is 5.85. The van der Waals surface area contributed by atoms with Gasteiger partial charge in [0.1, 0.15) is 11.6 Å². The number of unbranched alkanes of at least 4 members (excludes halogenated alkanes) is 2. The molecule has 2 rings (SSSR count). The van der Waals surface area contributed by atoms with Gasteiger partial charge in [-0.25, -0.2) is 4.39 Å². The second-order valence-corrected chi connectivity index (χ2v) is 5.68. The fraction of sp³-hybridized carbons (Fsp3) is 0.647. The number of halogens is 3. The van der Waals surface area contributed by atoms with E-state index in [0.717, 1.165) is 44.6 Å². The van der Waals surface area contributed by atoms with Crippen LogP contribution >= 0.6 is 24.8 Å². The maximum atomic E-state index is 14.4. The lowest BCUT2D eigenvalue weighted by atomic mass is 9.97. The average molecular weight is 367 g/mol. The van der Waals surface area contributed by atoms with Crippen molar-refractivity contribution >= 4 is 24.8 Å². The van der Waals surface area contributed by atoms with Crippen molar-refractivity contribution in [1.29, 1.82) is 0 Å². The van der Waals surface area contributed by atoms with E-state index in [2.05, 4.69) is 17.1 Å². The summed E-state index contributed by atoms with van der Waals surface area (Å²) in [7, 11) is 1.57. The number of hydrogen-bond donors (Lipinski definition) is 1. The molecule has 1 fully saturated rings. The van der Waals surface area contributed by atoms with Crippen LogP contribution < -0.4 is 10.1 Å². The van der Waals surface area contributed by atoms with Crippen LogP contribution in [0, 0.1) is 5.82 Å². The van der Waals surface area contributed by atoms with Crippen LogP contribution in [-0.2, 0) is 0 Å². The van der Waals surface area contributed by atoms with Gasteiger partial charge in [-0.2, -0.15) is 0 Å². The predicted molar refractivity (Wildman–Crippen MR) is 98.8 cm³/mol. The summed E-state index contributed by atoms with van der Waals surface area (Å²) in [6.07, 6.45) is 4.58. The molecular formula is C17H29Cl2FN2O. The van der Waals surface area contributed by atoms with Crippen LogP contribution in [0.15, 0.2) is 18.2 Å². The molecule has 6 heteroatoms. The van der Waals surface area contributed by atoms with E-state index in [0.29, 0.717) is 5.75 Å². The molecule has 1 aliphatic heterocycles. The minimum Gasteiger partial charge on any atom is -0.497 e. The number of nitrogens with zero attached hydrogens (tertiary/aromatic N) is 1. The van der Waals surface area contributed by atoms with E-state index >= 15 is 0 Å². The number of benzene rings is 1. The van der Waals surface area contributed by atoms with Crippen LogP contribution in [0.3, 0.4) is 0 Å². The molecule has 134 valence electrons. The maximum Gasteiger partial charge on any atom is 0.131 e. The quantitative estimate of drug-likeness (QED) is 0.731. The summed E-state index contributed by atoms with van der Waals surface area (Å²) in [6, 6.07) is 5.45. The van der Waals surface area contributed by atoms with E-state index < -0.39 is 0 Å². The lowest BCUT2D eigenvalue weighted by Crippen LogP contribution is -2.45. The Hall–Kier alpha value is -0.550. The largest absolute Gasteiger partial charge is 0.497 e. The van der Waals surface area contributed by atoms with Gasteiger partial charge in [0.05, 0.1) is 7.11 Å². The highest BCUT2D eigenvalue weighted by atomic mass is 35.5. The van der Waals surface area contributed by atoms with E-state index in [1.807, 2.05) is 12.1 Å². The first kappa shape index (κ1) is 22.4. The molecule has 3 nitrogen and oxygen atoms in total. The lowest BCUT2D eigenvalue weighted by molar-refractivity contribution is 0.159. The predicted octanol–water partition coefficient (Wildman–Crippen LogP) is 4.20. The molecule has 0 unspecified atom stereocenters. The summed E-state index contributed by atoms with van der Waals surface area (Å²) in [6.45, 7) is 6.16. The molecule has 0 aromatic heterocycles. The van der Waals surface area contributed by atoms with Gasteiger partial charge in [-0.1, -0.05) is 32.3 Å². The third kappa shape index (κ3) is 6.46. The van der Waals surface area contributed by atoms with Gasteiger partial charge in [0, 0.05) is 43.9 Å². The zero-order chi connectivity index (χ0) is 15.1. The molecule has 1 atom stereocenters. The third-order valence-corrected chi connectivity index (χ3v) is 4.24. The fourth-order valence-corrected chi connectivity index (χ4v) is 3.02. The molecule has 1 saturated heterocycles. The second-order valence-electron chi connectivity index (χ2n) is 5.68. The Bertz CT molecular complexity index is 443. The molecule has 1 aromatic carbocycles. The van der Waals surface area contributed by atoms with Crippen LogP contribution in [0.4, 0.5) is 4.39 Å². The van der Waals surface area contributed by atoms with Crippen LogP contribution in [0.1, 0.15) is 44.2 Å². The first-order valence-corrected chi connectivity index (χ1v) is 8.04. The minimum atomic E-state index is -0.144.